The van der Waals surface area contributed by atoms with E-state index in [9.17, 15) is 14.4 Å². The second-order valence-corrected chi connectivity index (χ2v) is 17.8. The van der Waals surface area contributed by atoms with Crippen molar-refractivity contribution in [3.8, 4) is 0 Å². The molecule has 0 amide bonds. The Hall–Kier alpha value is -0.713. The molecule has 0 aromatic heterocycles. The van der Waals surface area contributed by atoms with E-state index in [0.29, 0.717) is 16.6 Å². The molecule has 0 aromatic carbocycles. The van der Waals surface area contributed by atoms with Crippen LogP contribution in [0.3, 0.4) is 0 Å². The van der Waals surface area contributed by atoms with E-state index in [4.69, 9.17) is 18.6 Å². The number of thioether (sulfide) groups is 2. The molecule has 0 bridgehead atoms. The molecule has 0 saturated heterocycles. The first-order chi connectivity index (χ1) is 15.7. The molecule has 0 spiro atoms. The number of hydrogen-bond donors (Lipinski definition) is 0. The molecular weight excluding hydrogens is 492 g/mol. The molecule has 0 N–H and O–H groups in total. The van der Waals surface area contributed by atoms with Crippen LogP contribution in [0.2, 0.25) is 16.6 Å². The van der Waals surface area contributed by atoms with Crippen molar-refractivity contribution < 1.29 is 33.0 Å². The molecule has 0 saturated carbocycles. The van der Waals surface area contributed by atoms with Gasteiger partial charge in [0.05, 0.1) is 11.2 Å². The minimum Gasteiger partial charge on any atom is -0.456 e. The van der Waals surface area contributed by atoms with Crippen molar-refractivity contribution in [3.63, 3.8) is 0 Å². The van der Waals surface area contributed by atoms with Gasteiger partial charge in [-0.05, 0) is 28.1 Å². The minimum absolute atomic E-state index is 0.0658. The average Bonchev–Trinajstić information content (AvgIpc) is 2.68. The SMILES string of the molecule is CCSC(SCC)[C@@H](OC(C)=O)[C@@H](OC(C)=O)[C@@H](CO[Si](C(C)C)(C(C)C)C(C)C)OC(C)=O. The summed E-state index contributed by atoms with van der Waals surface area (Å²) in [5.74, 6) is 0.0164. The Morgan fingerprint density at radius 2 is 1.06 bits per heavy atom. The Morgan fingerprint density at radius 1 is 0.676 bits per heavy atom. The number of rotatable bonds is 16. The van der Waals surface area contributed by atoms with E-state index in [1.807, 2.05) is 13.8 Å². The highest BCUT2D eigenvalue weighted by molar-refractivity contribution is 8.17. The summed E-state index contributed by atoms with van der Waals surface area (Å²) in [6.45, 7) is 21.1. The largest absolute Gasteiger partial charge is 0.456 e. The zero-order valence-corrected chi connectivity index (χ0v) is 25.5. The van der Waals surface area contributed by atoms with Gasteiger partial charge < -0.3 is 18.6 Å². The zero-order valence-electron chi connectivity index (χ0n) is 22.8. The van der Waals surface area contributed by atoms with Crippen LogP contribution in [0.5, 0.6) is 0 Å². The van der Waals surface area contributed by atoms with Gasteiger partial charge in [0.25, 0.3) is 0 Å². The van der Waals surface area contributed by atoms with E-state index >= 15 is 0 Å². The van der Waals surface area contributed by atoms with Crippen LogP contribution in [0.25, 0.3) is 0 Å². The van der Waals surface area contributed by atoms with Crippen molar-refractivity contribution in [2.45, 2.75) is 116 Å². The number of ether oxygens (including phenoxy) is 3. The van der Waals surface area contributed by atoms with Gasteiger partial charge in [-0.25, -0.2) is 0 Å². The van der Waals surface area contributed by atoms with Crippen LogP contribution in [0.15, 0.2) is 0 Å². The smallest absolute Gasteiger partial charge is 0.303 e. The van der Waals surface area contributed by atoms with Crippen LogP contribution in [-0.4, -0.2) is 67.2 Å². The third-order valence-corrected chi connectivity index (χ3v) is 14.5. The number of hydrogen-bond acceptors (Lipinski definition) is 9. The van der Waals surface area contributed by atoms with Gasteiger partial charge in [-0.2, -0.15) is 0 Å². The first-order valence-electron chi connectivity index (χ1n) is 12.1. The lowest BCUT2D eigenvalue weighted by Gasteiger charge is -2.44. The van der Waals surface area contributed by atoms with Crippen molar-refractivity contribution in [2.24, 2.45) is 0 Å². The highest BCUT2D eigenvalue weighted by atomic mass is 32.2. The van der Waals surface area contributed by atoms with Crippen molar-refractivity contribution in [3.05, 3.63) is 0 Å². The monoisotopic (exact) mass is 538 g/mol. The summed E-state index contributed by atoms with van der Waals surface area (Å²) in [7, 11) is -2.30. The zero-order chi connectivity index (χ0) is 26.6. The van der Waals surface area contributed by atoms with Gasteiger partial charge in [0.2, 0.25) is 8.32 Å². The van der Waals surface area contributed by atoms with E-state index in [-0.39, 0.29) is 11.2 Å². The second-order valence-electron chi connectivity index (χ2n) is 9.20. The highest BCUT2D eigenvalue weighted by Gasteiger charge is 2.48. The molecule has 0 unspecified atom stereocenters. The lowest BCUT2D eigenvalue weighted by Crippen LogP contribution is -2.54. The van der Waals surface area contributed by atoms with Crippen LogP contribution in [0.1, 0.15) is 76.2 Å². The molecule has 0 radical (unpaired) electrons. The second kappa shape index (κ2) is 16.1. The first-order valence-corrected chi connectivity index (χ1v) is 16.4. The third kappa shape index (κ3) is 10.1. The number of esters is 3. The molecule has 34 heavy (non-hydrogen) atoms. The van der Waals surface area contributed by atoms with E-state index in [1.54, 1.807) is 23.5 Å². The van der Waals surface area contributed by atoms with E-state index < -0.39 is 44.5 Å². The fourth-order valence-electron chi connectivity index (χ4n) is 4.72. The van der Waals surface area contributed by atoms with Crippen LogP contribution in [0, 0.1) is 0 Å². The maximum absolute atomic E-state index is 12.1. The summed E-state index contributed by atoms with van der Waals surface area (Å²) in [6, 6.07) is 0. The van der Waals surface area contributed by atoms with Crippen LogP contribution < -0.4 is 0 Å². The van der Waals surface area contributed by atoms with Gasteiger partial charge in [0.1, 0.15) is 0 Å². The van der Waals surface area contributed by atoms with Crippen LogP contribution >= 0.6 is 23.5 Å². The maximum Gasteiger partial charge on any atom is 0.303 e. The predicted molar refractivity (Wildman–Crippen MR) is 144 cm³/mol. The van der Waals surface area contributed by atoms with Crippen molar-refractivity contribution in [1.82, 2.24) is 0 Å². The fraction of sp³-hybridized carbons (Fsp3) is 0.875. The predicted octanol–water partition coefficient (Wildman–Crippen LogP) is 5.81. The topological polar surface area (TPSA) is 88.1 Å². The van der Waals surface area contributed by atoms with Gasteiger partial charge in [0.15, 0.2) is 18.3 Å². The first kappa shape index (κ1) is 33.3. The third-order valence-electron chi connectivity index (χ3n) is 5.75. The minimum atomic E-state index is -2.30. The Labute approximate surface area is 216 Å². The fourth-order valence-corrected chi connectivity index (χ4v) is 12.8. The van der Waals surface area contributed by atoms with Crippen LogP contribution in [0.4, 0.5) is 0 Å². The normalized spacial score (nSPS) is 14.9. The summed E-state index contributed by atoms with van der Waals surface area (Å²) in [5.41, 5.74) is 0.961. The summed E-state index contributed by atoms with van der Waals surface area (Å²) in [6.07, 6.45) is -2.71. The Bertz CT molecular complexity index is 615. The maximum atomic E-state index is 12.1. The summed E-state index contributed by atoms with van der Waals surface area (Å²) in [5, 5.41) is 0. The summed E-state index contributed by atoms with van der Waals surface area (Å²) < 4.78 is 23.6. The van der Waals surface area contributed by atoms with Gasteiger partial charge in [-0.1, -0.05) is 55.4 Å². The molecular formula is C24H46O7S2Si. The molecule has 0 rings (SSSR count). The summed E-state index contributed by atoms with van der Waals surface area (Å²) >= 11 is 3.21. The average molecular weight is 539 g/mol. The van der Waals surface area contributed by atoms with E-state index in [2.05, 4.69) is 41.5 Å². The molecule has 0 aliphatic rings. The van der Waals surface area contributed by atoms with Crippen LogP contribution in [-0.2, 0) is 33.0 Å². The molecule has 0 aliphatic heterocycles. The van der Waals surface area contributed by atoms with Crippen molar-refractivity contribution in [1.29, 1.82) is 0 Å². The molecule has 0 aliphatic carbocycles. The molecule has 0 fully saturated rings. The highest BCUT2D eigenvalue weighted by Crippen LogP contribution is 2.42. The molecule has 0 aromatic rings. The quantitative estimate of drug-likeness (QED) is 0.105. The molecule has 0 heterocycles. The molecule has 200 valence electrons. The Morgan fingerprint density at radius 3 is 1.38 bits per heavy atom. The Balaban J connectivity index is 6.45. The van der Waals surface area contributed by atoms with Gasteiger partial charge in [-0.3, -0.25) is 14.4 Å². The number of carbonyl (C=O) groups is 3. The van der Waals surface area contributed by atoms with Crippen molar-refractivity contribution in [2.75, 3.05) is 18.1 Å². The lowest BCUT2D eigenvalue weighted by molar-refractivity contribution is -0.184. The molecule has 10 heteroatoms. The van der Waals surface area contributed by atoms with Gasteiger partial charge in [0, 0.05) is 20.8 Å². The summed E-state index contributed by atoms with van der Waals surface area (Å²) in [4.78, 5) is 36.3. The molecule has 7 nitrogen and oxygen atoms in total. The Kier molecular flexibility index (Phi) is 15.8. The van der Waals surface area contributed by atoms with Gasteiger partial charge in [-0.15, -0.1) is 23.5 Å². The van der Waals surface area contributed by atoms with Gasteiger partial charge >= 0.3 is 17.9 Å². The standard InChI is InChI=1S/C24H46O7S2Si/c1-12-32-24(33-13-2)23(31-20(11)27)22(30-19(10)26)21(29-18(9)25)14-28-34(15(3)4,16(5)6)17(7)8/h15-17,21-24H,12-14H2,1-11H3/t21-,22+,23+/m1/s1. The van der Waals surface area contributed by atoms with E-state index in [1.165, 1.54) is 20.8 Å². The number of carbonyl (C=O) groups excluding carboxylic acids is 3. The van der Waals surface area contributed by atoms with E-state index in [0.717, 1.165) is 11.5 Å². The molecule has 3 atom stereocenters. The van der Waals surface area contributed by atoms with Crippen molar-refractivity contribution >= 4 is 49.7 Å². The lowest BCUT2D eigenvalue weighted by atomic mass is 10.1.